The SMILES string of the molecule is COCC1(CN2CCC[C@H]2C)CC1. The minimum Gasteiger partial charge on any atom is -0.384 e. The first-order valence-electron chi connectivity index (χ1n) is 5.49. The third-order valence-corrected chi connectivity index (χ3v) is 3.64. The molecule has 2 fully saturated rings. The van der Waals surface area contributed by atoms with Crippen LogP contribution in [0.2, 0.25) is 0 Å². The molecular formula is C11H21NO. The molecule has 1 saturated carbocycles. The highest BCUT2D eigenvalue weighted by Gasteiger charge is 2.44. The zero-order valence-corrected chi connectivity index (χ0v) is 8.88. The minimum atomic E-state index is 0.549. The minimum absolute atomic E-state index is 0.549. The molecule has 0 aromatic heterocycles. The summed E-state index contributed by atoms with van der Waals surface area (Å²) in [6, 6.07) is 0.814. The maximum absolute atomic E-state index is 5.29. The van der Waals surface area contributed by atoms with E-state index in [1.807, 2.05) is 7.11 Å². The molecule has 0 amide bonds. The molecule has 1 aliphatic carbocycles. The molecular weight excluding hydrogens is 162 g/mol. The van der Waals surface area contributed by atoms with Crippen LogP contribution in [0.4, 0.5) is 0 Å². The van der Waals surface area contributed by atoms with Crippen LogP contribution >= 0.6 is 0 Å². The molecule has 0 radical (unpaired) electrons. The summed E-state index contributed by atoms with van der Waals surface area (Å²) in [5.74, 6) is 0. The molecule has 0 unspecified atom stereocenters. The molecule has 13 heavy (non-hydrogen) atoms. The number of rotatable bonds is 4. The van der Waals surface area contributed by atoms with Gasteiger partial charge in [0.1, 0.15) is 0 Å². The predicted molar refractivity (Wildman–Crippen MR) is 53.8 cm³/mol. The van der Waals surface area contributed by atoms with E-state index in [4.69, 9.17) is 4.74 Å². The van der Waals surface area contributed by atoms with Crippen LogP contribution in [-0.4, -0.2) is 37.7 Å². The van der Waals surface area contributed by atoms with E-state index in [2.05, 4.69) is 11.8 Å². The van der Waals surface area contributed by atoms with E-state index in [0.717, 1.165) is 12.6 Å². The molecule has 2 rings (SSSR count). The van der Waals surface area contributed by atoms with Crippen LogP contribution in [0.25, 0.3) is 0 Å². The number of ether oxygens (including phenoxy) is 1. The summed E-state index contributed by atoms with van der Waals surface area (Å²) in [4.78, 5) is 2.64. The molecule has 2 aliphatic rings. The second-order valence-corrected chi connectivity index (χ2v) is 4.89. The van der Waals surface area contributed by atoms with Gasteiger partial charge in [-0.25, -0.2) is 0 Å². The van der Waals surface area contributed by atoms with Gasteiger partial charge >= 0.3 is 0 Å². The fourth-order valence-electron chi connectivity index (χ4n) is 2.49. The van der Waals surface area contributed by atoms with E-state index >= 15 is 0 Å². The predicted octanol–water partition coefficient (Wildman–Crippen LogP) is 1.90. The number of hydrogen-bond acceptors (Lipinski definition) is 2. The average molecular weight is 183 g/mol. The maximum atomic E-state index is 5.29. The van der Waals surface area contributed by atoms with Crippen LogP contribution in [0.1, 0.15) is 32.6 Å². The van der Waals surface area contributed by atoms with E-state index in [9.17, 15) is 0 Å². The van der Waals surface area contributed by atoms with Crippen molar-refractivity contribution in [3.8, 4) is 0 Å². The van der Waals surface area contributed by atoms with Crippen molar-refractivity contribution in [2.24, 2.45) is 5.41 Å². The molecule has 0 spiro atoms. The fourth-order valence-corrected chi connectivity index (χ4v) is 2.49. The second-order valence-electron chi connectivity index (χ2n) is 4.89. The van der Waals surface area contributed by atoms with Gasteiger partial charge < -0.3 is 9.64 Å². The van der Waals surface area contributed by atoms with Crippen molar-refractivity contribution in [2.75, 3.05) is 26.8 Å². The largest absolute Gasteiger partial charge is 0.384 e. The Kier molecular flexibility index (Phi) is 2.61. The summed E-state index contributed by atoms with van der Waals surface area (Å²) in [5.41, 5.74) is 0.549. The normalized spacial score (nSPS) is 32.3. The molecule has 1 aliphatic heterocycles. The highest BCUT2D eigenvalue weighted by Crippen LogP contribution is 2.47. The average Bonchev–Trinajstić information content (AvgIpc) is 2.73. The number of methoxy groups -OCH3 is 1. The summed E-state index contributed by atoms with van der Waals surface area (Å²) in [5, 5.41) is 0. The molecule has 1 heterocycles. The van der Waals surface area contributed by atoms with E-state index < -0.39 is 0 Å². The summed E-state index contributed by atoms with van der Waals surface area (Å²) < 4.78 is 5.29. The van der Waals surface area contributed by atoms with Gasteiger partial charge in [0.05, 0.1) is 6.61 Å². The van der Waals surface area contributed by atoms with Gasteiger partial charge in [-0.2, -0.15) is 0 Å². The second kappa shape index (κ2) is 3.58. The van der Waals surface area contributed by atoms with E-state index in [0.29, 0.717) is 5.41 Å². The molecule has 0 aromatic rings. The zero-order valence-electron chi connectivity index (χ0n) is 8.88. The Morgan fingerprint density at radius 3 is 2.69 bits per heavy atom. The molecule has 2 nitrogen and oxygen atoms in total. The van der Waals surface area contributed by atoms with Crippen LogP contribution in [0.3, 0.4) is 0 Å². The van der Waals surface area contributed by atoms with Gasteiger partial charge in [-0.1, -0.05) is 0 Å². The lowest BCUT2D eigenvalue weighted by molar-refractivity contribution is 0.106. The van der Waals surface area contributed by atoms with Crippen molar-refractivity contribution >= 4 is 0 Å². The van der Waals surface area contributed by atoms with Gasteiger partial charge in [-0.3, -0.25) is 0 Å². The Labute approximate surface area is 81.3 Å². The van der Waals surface area contributed by atoms with E-state index in [1.54, 1.807) is 0 Å². The number of likely N-dealkylation sites (tertiary alicyclic amines) is 1. The van der Waals surface area contributed by atoms with Gasteiger partial charge in [0.15, 0.2) is 0 Å². The third-order valence-electron chi connectivity index (χ3n) is 3.64. The van der Waals surface area contributed by atoms with Crippen LogP contribution in [-0.2, 0) is 4.74 Å². The number of hydrogen-bond donors (Lipinski definition) is 0. The summed E-state index contributed by atoms with van der Waals surface area (Å²) in [6.45, 7) is 5.92. The Morgan fingerprint density at radius 2 is 2.23 bits per heavy atom. The lowest BCUT2D eigenvalue weighted by Crippen LogP contribution is -2.34. The lowest BCUT2D eigenvalue weighted by atomic mass is 10.1. The Balaban J connectivity index is 1.83. The van der Waals surface area contributed by atoms with Crippen molar-refractivity contribution in [1.82, 2.24) is 4.90 Å². The summed E-state index contributed by atoms with van der Waals surface area (Å²) in [7, 11) is 1.83. The standard InChI is InChI=1S/C11H21NO/c1-10-4-3-7-12(10)8-11(5-6-11)9-13-2/h10H,3-9H2,1-2H3/t10-/m1/s1. The van der Waals surface area contributed by atoms with Crippen LogP contribution in [0.15, 0.2) is 0 Å². The molecule has 0 aromatic carbocycles. The van der Waals surface area contributed by atoms with Gasteiger partial charge in [0, 0.05) is 25.1 Å². The monoisotopic (exact) mass is 183 g/mol. The Morgan fingerprint density at radius 1 is 1.46 bits per heavy atom. The van der Waals surface area contributed by atoms with Crippen LogP contribution in [0.5, 0.6) is 0 Å². The Hall–Kier alpha value is -0.0800. The van der Waals surface area contributed by atoms with Crippen molar-refractivity contribution in [3.63, 3.8) is 0 Å². The van der Waals surface area contributed by atoms with E-state index in [1.165, 1.54) is 38.8 Å². The molecule has 1 saturated heterocycles. The topological polar surface area (TPSA) is 12.5 Å². The van der Waals surface area contributed by atoms with Gasteiger partial charge in [-0.15, -0.1) is 0 Å². The first kappa shape index (κ1) is 9.47. The zero-order chi connectivity index (χ0) is 9.31. The van der Waals surface area contributed by atoms with Gasteiger partial charge in [0.25, 0.3) is 0 Å². The molecule has 0 N–H and O–H groups in total. The van der Waals surface area contributed by atoms with E-state index in [-0.39, 0.29) is 0 Å². The molecule has 1 atom stereocenters. The van der Waals surface area contributed by atoms with Crippen molar-refractivity contribution < 1.29 is 4.74 Å². The van der Waals surface area contributed by atoms with Crippen LogP contribution < -0.4 is 0 Å². The fraction of sp³-hybridized carbons (Fsp3) is 1.00. The van der Waals surface area contributed by atoms with Gasteiger partial charge in [0.2, 0.25) is 0 Å². The molecule has 2 heteroatoms. The first-order valence-corrected chi connectivity index (χ1v) is 5.49. The Bertz CT molecular complexity index is 177. The quantitative estimate of drug-likeness (QED) is 0.660. The first-order chi connectivity index (χ1) is 6.26. The third kappa shape index (κ3) is 2.05. The molecule has 76 valence electrons. The van der Waals surface area contributed by atoms with Crippen LogP contribution in [0, 0.1) is 5.41 Å². The smallest absolute Gasteiger partial charge is 0.0530 e. The van der Waals surface area contributed by atoms with Crippen molar-refractivity contribution in [1.29, 1.82) is 0 Å². The summed E-state index contributed by atoms with van der Waals surface area (Å²) >= 11 is 0. The highest BCUT2D eigenvalue weighted by atomic mass is 16.5. The van der Waals surface area contributed by atoms with Crippen molar-refractivity contribution in [3.05, 3.63) is 0 Å². The maximum Gasteiger partial charge on any atom is 0.0530 e. The van der Waals surface area contributed by atoms with Gasteiger partial charge in [-0.05, 0) is 39.2 Å². The summed E-state index contributed by atoms with van der Waals surface area (Å²) in [6.07, 6.45) is 5.54. The lowest BCUT2D eigenvalue weighted by Gasteiger charge is -2.26. The molecule has 0 bridgehead atoms. The number of nitrogens with zero attached hydrogens (tertiary/aromatic N) is 1. The van der Waals surface area contributed by atoms with Crippen molar-refractivity contribution in [2.45, 2.75) is 38.6 Å². The highest BCUT2D eigenvalue weighted by molar-refractivity contribution is 4.97.